The van der Waals surface area contributed by atoms with Gasteiger partial charge in [-0.1, -0.05) is 24.3 Å². The third-order valence-corrected chi connectivity index (χ3v) is 3.57. The molecule has 1 heterocycles. The molecule has 1 aliphatic rings. The molecule has 0 saturated heterocycles. The number of aromatic nitrogens is 2. The molecule has 1 aromatic carbocycles. The van der Waals surface area contributed by atoms with Gasteiger partial charge in [0, 0.05) is 6.07 Å². The van der Waals surface area contributed by atoms with Gasteiger partial charge in [-0.25, -0.2) is 0 Å². The van der Waals surface area contributed by atoms with Crippen LogP contribution in [0.2, 0.25) is 0 Å². The lowest BCUT2D eigenvalue weighted by Crippen LogP contribution is -2.07. The molecule has 1 fully saturated rings. The van der Waals surface area contributed by atoms with Gasteiger partial charge in [0.25, 0.3) is 0 Å². The van der Waals surface area contributed by atoms with Crippen molar-refractivity contribution in [3.63, 3.8) is 0 Å². The van der Waals surface area contributed by atoms with E-state index < -0.39 is 0 Å². The molecular weight excluding hydrogens is 226 g/mol. The van der Waals surface area contributed by atoms with E-state index >= 15 is 0 Å². The molecule has 4 N–H and O–H groups in total. The molecule has 1 saturated carbocycles. The van der Waals surface area contributed by atoms with Gasteiger partial charge in [-0.3, -0.25) is 5.10 Å². The monoisotopic (exact) mass is 243 g/mol. The first kappa shape index (κ1) is 11.3. The lowest BCUT2D eigenvalue weighted by molar-refractivity contribution is 0.140. The van der Waals surface area contributed by atoms with Crippen LogP contribution in [0.25, 0.3) is 11.3 Å². The van der Waals surface area contributed by atoms with Crippen LogP contribution in [0.5, 0.6) is 0 Å². The Morgan fingerprint density at radius 3 is 2.56 bits per heavy atom. The summed E-state index contributed by atoms with van der Waals surface area (Å²) in [7, 11) is 0. The Kier molecular flexibility index (Phi) is 2.59. The van der Waals surface area contributed by atoms with Crippen LogP contribution in [0.15, 0.2) is 30.3 Å². The number of aliphatic hydroxyl groups is 1. The number of nitrogens with one attached hydrogen (secondary N) is 1. The number of H-pyrrole nitrogens is 1. The molecule has 4 heteroatoms. The van der Waals surface area contributed by atoms with Crippen molar-refractivity contribution < 1.29 is 5.11 Å². The minimum atomic E-state index is -0.365. The van der Waals surface area contributed by atoms with Gasteiger partial charge in [0.2, 0.25) is 0 Å². The van der Waals surface area contributed by atoms with Gasteiger partial charge in [0.15, 0.2) is 0 Å². The molecule has 0 amide bonds. The molecule has 94 valence electrons. The fourth-order valence-corrected chi connectivity index (χ4v) is 2.11. The summed E-state index contributed by atoms with van der Waals surface area (Å²) < 4.78 is 0. The molecular formula is C14H17N3O. The Hall–Kier alpha value is -1.81. The van der Waals surface area contributed by atoms with E-state index in [0.717, 1.165) is 36.9 Å². The van der Waals surface area contributed by atoms with Crippen LogP contribution in [-0.2, 0) is 6.42 Å². The minimum absolute atomic E-state index is 0.365. The fourth-order valence-electron chi connectivity index (χ4n) is 2.11. The summed E-state index contributed by atoms with van der Waals surface area (Å²) in [5, 5.41) is 16.6. The number of nitrogens with zero attached hydrogens (tertiary/aromatic N) is 1. The molecule has 18 heavy (non-hydrogen) atoms. The topological polar surface area (TPSA) is 74.9 Å². The highest BCUT2D eigenvalue weighted by molar-refractivity contribution is 5.62. The van der Waals surface area contributed by atoms with E-state index in [4.69, 9.17) is 5.73 Å². The second-order valence-corrected chi connectivity index (χ2v) is 5.13. The van der Waals surface area contributed by atoms with Crippen LogP contribution in [0, 0.1) is 0 Å². The minimum Gasteiger partial charge on any atom is -0.390 e. The zero-order chi connectivity index (χ0) is 12.6. The molecule has 1 aromatic heterocycles. The molecule has 2 aromatic rings. The zero-order valence-electron chi connectivity index (χ0n) is 10.2. The largest absolute Gasteiger partial charge is 0.390 e. The fraction of sp³-hybridized carbons (Fsp3) is 0.357. The number of rotatable bonds is 4. The third kappa shape index (κ3) is 2.38. The Bertz CT molecular complexity index is 540. The number of aryl methyl sites for hydroxylation is 1. The van der Waals surface area contributed by atoms with E-state index in [1.54, 1.807) is 0 Å². The summed E-state index contributed by atoms with van der Waals surface area (Å²) in [5.74, 6) is 0.505. The van der Waals surface area contributed by atoms with E-state index in [-0.39, 0.29) is 5.60 Å². The predicted octanol–water partition coefficient (Wildman–Crippen LogP) is 2.12. The van der Waals surface area contributed by atoms with Gasteiger partial charge >= 0.3 is 0 Å². The lowest BCUT2D eigenvalue weighted by Gasteiger charge is -2.07. The van der Waals surface area contributed by atoms with Crippen LogP contribution in [0.1, 0.15) is 24.8 Å². The van der Waals surface area contributed by atoms with E-state index in [1.807, 2.05) is 6.07 Å². The molecule has 0 aliphatic heterocycles. The molecule has 4 nitrogen and oxygen atoms in total. The number of aromatic amines is 1. The van der Waals surface area contributed by atoms with Gasteiger partial charge < -0.3 is 10.8 Å². The third-order valence-electron chi connectivity index (χ3n) is 3.57. The quantitative estimate of drug-likeness (QED) is 0.770. The highest BCUT2D eigenvalue weighted by atomic mass is 16.3. The van der Waals surface area contributed by atoms with Crippen molar-refractivity contribution >= 4 is 5.82 Å². The summed E-state index contributed by atoms with van der Waals surface area (Å²) in [5.41, 5.74) is 8.48. The van der Waals surface area contributed by atoms with E-state index in [0.29, 0.717) is 5.82 Å². The van der Waals surface area contributed by atoms with Crippen molar-refractivity contribution in [3.8, 4) is 11.3 Å². The Morgan fingerprint density at radius 2 is 2.00 bits per heavy atom. The van der Waals surface area contributed by atoms with Crippen LogP contribution >= 0.6 is 0 Å². The van der Waals surface area contributed by atoms with Gasteiger partial charge in [0.1, 0.15) is 5.82 Å². The molecule has 0 bridgehead atoms. The van der Waals surface area contributed by atoms with E-state index in [9.17, 15) is 5.11 Å². The summed E-state index contributed by atoms with van der Waals surface area (Å²) in [6, 6.07) is 10.1. The standard InChI is InChI=1S/C14H17N3O/c15-13-9-12(16-17-13)11-3-1-10(2-4-11)5-6-14(18)7-8-14/h1-4,9,18H,5-8H2,(H3,15,16,17). The van der Waals surface area contributed by atoms with Gasteiger partial charge in [0.05, 0.1) is 11.3 Å². The first-order valence-corrected chi connectivity index (χ1v) is 6.27. The average Bonchev–Trinajstić information content (AvgIpc) is 2.95. The van der Waals surface area contributed by atoms with Crippen molar-refractivity contribution in [1.82, 2.24) is 10.2 Å². The number of anilines is 1. The Labute approximate surface area is 106 Å². The number of nitrogens with two attached hydrogens (primary N) is 1. The second kappa shape index (κ2) is 4.14. The average molecular weight is 243 g/mol. The molecule has 3 rings (SSSR count). The van der Waals surface area contributed by atoms with E-state index in [1.165, 1.54) is 5.56 Å². The molecule has 0 radical (unpaired) electrons. The molecule has 1 aliphatic carbocycles. The molecule has 0 spiro atoms. The van der Waals surface area contributed by atoms with Crippen molar-refractivity contribution in [2.75, 3.05) is 5.73 Å². The zero-order valence-corrected chi connectivity index (χ0v) is 10.2. The smallest absolute Gasteiger partial charge is 0.145 e. The summed E-state index contributed by atoms with van der Waals surface area (Å²) in [4.78, 5) is 0. The van der Waals surface area contributed by atoms with E-state index in [2.05, 4.69) is 34.5 Å². The van der Waals surface area contributed by atoms with Crippen LogP contribution in [0.3, 0.4) is 0 Å². The Balaban J connectivity index is 1.68. The maximum Gasteiger partial charge on any atom is 0.145 e. The molecule has 0 unspecified atom stereocenters. The lowest BCUT2D eigenvalue weighted by atomic mass is 10.0. The van der Waals surface area contributed by atoms with Gasteiger partial charge in [-0.2, -0.15) is 5.10 Å². The number of hydrogen-bond acceptors (Lipinski definition) is 3. The van der Waals surface area contributed by atoms with Gasteiger partial charge in [-0.15, -0.1) is 0 Å². The van der Waals surface area contributed by atoms with Crippen molar-refractivity contribution in [3.05, 3.63) is 35.9 Å². The summed E-state index contributed by atoms with van der Waals surface area (Å²) >= 11 is 0. The molecule has 0 atom stereocenters. The SMILES string of the molecule is Nc1cc(-c2ccc(CCC3(O)CC3)cc2)[nH]n1. The van der Waals surface area contributed by atoms with Crippen LogP contribution in [0.4, 0.5) is 5.82 Å². The maximum atomic E-state index is 9.80. The first-order valence-electron chi connectivity index (χ1n) is 6.27. The predicted molar refractivity (Wildman–Crippen MR) is 70.9 cm³/mol. The number of benzene rings is 1. The summed E-state index contributed by atoms with van der Waals surface area (Å²) in [6.07, 6.45) is 3.71. The highest BCUT2D eigenvalue weighted by Gasteiger charge is 2.39. The van der Waals surface area contributed by atoms with Gasteiger partial charge in [-0.05, 0) is 36.8 Å². The number of nitrogen functional groups attached to an aromatic ring is 1. The van der Waals surface area contributed by atoms with Crippen LogP contribution < -0.4 is 5.73 Å². The highest BCUT2D eigenvalue weighted by Crippen LogP contribution is 2.39. The van der Waals surface area contributed by atoms with Crippen molar-refractivity contribution in [1.29, 1.82) is 0 Å². The van der Waals surface area contributed by atoms with Crippen molar-refractivity contribution in [2.45, 2.75) is 31.3 Å². The second-order valence-electron chi connectivity index (χ2n) is 5.13. The van der Waals surface area contributed by atoms with Crippen LogP contribution in [-0.4, -0.2) is 20.9 Å². The maximum absolute atomic E-state index is 9.80. The summed E-state index contributed by atoms with van der Waals surface area (Å²) in [6.45, 7) is 0. The Morgan fingerprint density at radius 1 is 1.28 bits per heavy atom. The first-order chi connectivity index (χ1) is 8.65. The normalized spacial score (nSPS) is 16.7. The van der Waals surface area contributed by atoms with Crippen molar-refractivity contribution in [2.24, 2.45) is 0 Å². The number of hydrogen-bond donors (Lipinski definition) is 3.